The van der Waals surface area contributed by atoms with Gasteiger partial charge in [-0.1, -0.05) is 0 Å². The van der Waals surface area contributed by atoms with Crippen LogP contribution in [-0.2, 0) is 20.9 Å². The molecule has 0 atom stereocenters. The van der Waals surface area contributed by atoms with Crippen LogP contribution in [0.15, 0.2) is 18.3 Å². The number of aliphatic carboxylic acids is 3. The normalized spacial score (nSPS) is 11.0. The maximum atomic E-state index is 11.0. The van der Waals surface area contributed by atoms with Crippen molar-refractivity contribution in [2.75, 3.05) is 32.7 Å². The Morgan fingerprint density at radius 2 is 1.46 bits per heavy atom. The lowest BCUT2D eigenvalue weighted by molar-refractivity contribution is -0.143. The summed E-state index contributed by atoms with van der Waals surface area (Å²) in [6.45, 7) is 1.42. The molecule has 0 aliphatic rings. The number of carboxylic acid groups (broad SMARTS) is 3. The van der Waals surface area contributed by atoms with Crippen molar-refractivity contribution >= 4 is 17.9 Å². The number of hydrogen-bond donors (Lipinski definition) is 3. The van der Waals surface area contributed by atoms with Gasteiger partial charge in [-0.25, -0.2) is 0 Å². The molecule has 0 aromatic carbocycles. The number of aryl methyl sites for hydroxylation is 1. The summed E-state index contributed by atoms with van der Waals surface area (Å²) in [5, 5.41) is 26.7. The fourth-order valence-corrected chi connectivity index (χ4v) is 2.20. The van der Waals surface area contributed by atoms with Gasteiger partial charge < -0.3 is 15.3 Å². The molecule has 0 aliphatic carbocycles. The van der Waals surface area contributed by atoms with Gasteiger partial charge in [0.15, 0.2) is 0 Å². The summed E-state index contributed by atoms with van der Waals surface area (Å²) in [5.74, 6) is -3.30. The van der Waals surface area contributed by atoms with E-state index in [0.29, 0.717) is 5.69 Å². The molecule has 0 unspecified atom stereocenters. The number of aromatic nitrogens is 1. The average Bonchev–Trinajstić information content (AvgIpc) is 2.42. The zero-order valence-corrected chi connectivity index (χ0v) is 13.4. The van der Waals surface area contributed by atoms with E-state index in [1.165, 1.54) is 4.90 Å². The second kappa shape index (κ2) is 9.58. The van der Waals surface area contributed by atoms with Crippen molar-refractivity contribution < 1.29 is 29.7 Å². The Morgan fingerprint density at radius 3 is 1.96 bits per heavy atom. The molecule has 0 spiro atoms. The first-order valence-electron chi connectivity index (χ1n) is 7.28. The number of rotatable bonds is 11. The minimum atomic E-state index is -1.14. The Kier molecular flexibility index (Phi) is 7.80. The number of pyridine rings is 1. The van der Waals surface area contributed by atoms with Crippen molar-refractivity contribution in [3.05, 3.63) is 29.6 Å². The second-order valence-corrected chi connectivity index (χ2v) is 5.43. The minimum absolute atomic E-state index is 0.123. The zero-order valence-electron chi connectivity index (χ0n) is 13.4. The first-order chi connectivity index (χ1) is 11.3. The molecule has 1 rings (SSSR count). The van der Waals surface area contributed by atoms with Crippen molar-refractivity contribution in [2.45, 2.75) is 13.5 Å². The molecule has 0 bridgehead atoms. The molecule has 132 valence electrons. The SMILES string of the molecule is Cc1ccnc(CN(CCN(CC(=O)O)CC(=O)O)CC(=O)O)c1. The second-order valence-electron chi connectivity index (χ2n) is 5.43. The molecule has 9 nitrogen and oxygen atoms in total. The van der Waals surface area contributed by atoms with Gasteiger partial charge >= 0.3 is 17.9 Å². The highest BCUT2D eigenvalue weighted by atomic mass is 16.4. The molecule has 0 saturated carbocycles. The van der Waals surface area contributed by atoms with E-state index in [-0.39, 0.29) is 26.2 Å². The van der Waals surface area contributed by atoms with Crippen LogP contribution in [0.4, 0.5) is 0 Å². The topological polar surface area (TPSA) is 131 Å². The summed E-state index contributed by atoms with van der Waals surface area (Å²) < 4.78 is 0. The van der Waals surface area contributed by atoms with Crippen LogP contribution >= 0.6 is 0 Å². The first-order valence-corrected chi connectivity index (χ1v) is 7.28. The Hall–Kier alpha value is -2.52. The van der Waals surface area contributed by atoms with E-state index < -0.39 is 31.0 Å². The molecule has 3 N–H and O–H groups in total. The summed E-state index contributed by atoms with van der Waals surface area (Å²) in [4.78, 5) is 39.6. The van der Waals surface area contributed by atoms with Gasteiger partial charge in [0.25, 0.3) is 0 Å². The highest BCUT2D eigenvalue weighted by Gasteiger charge is 2.17. The third kappa shape index (κ3) is 8.20. The molecule has 9 heteroatoms. The molecule has 0 aliphatic heterocycles. The lowest BCUT2D eigenvalue weighted by Crippen LogP contribution is -2.41. The van der Waals surface area contributed by atoms with Crippen molar-refractivity contribution in [3.8, 4) is 0 Å². The maximum absolute atomic E-state index is 11.0. The first kappa shape index (κ1) is 19.5. The van der Waals surface area contributed by atoms with Crippen LogP contribution in [-0.4, -0.2) is 80.7 Å². The lowest BCUT2D eigenvalue weighted by Gasteiger charge is -2.24. The molecule has 24 heavy (non-hydrogen) atoms. The van der Waals surface area contributed by atoms with Crippen LogP contribution in [0.1, 0.15) is 11.3 Å². The fourth-order valence-electron chi connectivity index (χ4n) is 2.20. The van der Waals surface area contributed by atoms with Crippen LogP contribution in [0.2, 0.25) is 0 Å². The molecule has 0 amide bonds. The smallest absolute Gasteiger partial charge is 0.317 e. The molecular formula is C15H21N3O6. The quantitative estimate of drug-likeness (QED) is 0.499. The highest BCUT2D eigenvalue weighted by Crippen LogP contribution is 2.05. The molecule has 1 heterocycles. The van der Waals surface area contributed by atoms with E-state index in [2.05, 4.69) is 4.98 Å². The van der Waals surface area contributed by atoms with Gasteiger partial charge in [0.2, 0.25) is 0 Å². The number of hydrogen-bond acceptors (Lipinski definition) is 6. The molecule has 0 fully saturated rings. The van der Waals surface area contributed by atoms with Crippen LogP contribution in [0.25, 0.3) is 0 Å². The molecular weight excluding hydrogens is 318 g/mol. The summed E-state index contributed by atoms with van der Waals surface area (Å²) in [6.07, 6.45) is 1.63. The van der Waals surface area contributed by atoms with Gasteiger partial charge in [0.1, 0.15) is 0 Å². The third-order valence-corrected chi connectivity index (χ3v) is 3.17. The summed E-state index contributed by atoms with van der Waals surface area (Å²) >= 11 is 0. The largest absolute Gasteiger partial charge is 0.480 e. The lowest BCUT2D eigenvalue weighted by atomic mass is 10.2. The van der Waals surface area contributed by atoms with Crippen LogP contribution in [0.3, 0.4) is 0 Å². The van der Waals surface area contributed by atoms with Crippen LogP contribution in [0, 0.1) is 6.92 Å². The fraction of sp³-hybridized carbons (Fsp3) is 0.467. The van der Waals surface area contributed by atoms with Crippen LogP contribution in [0.5, 0.6) is 0 Å². The Labute approximate surface area is 139 Å². The van der Waals surface area contributed by atoms with E-state index in [1.807, 2.05) is 19.1 Å². The van der Waals surface area contributed by atoms with E-state index in [1.54, 1.807) is 11.1 Å². The Bertz CT molecular complexity index is 576. The number of carboxylic acids is 3. The predicted molar refractivity (Wildman–Crippen MR) is 83.6 cm³/mol. The Morgan fingerprint density at radius 1 is 0.958 bits per heavy atom. The van der Waals surface area contributed by atoms with E-state index in [0.717, 1.165) is 5.56 Å². The molecule has 1 aromatic heterocycles. The van der Waals surface area contributed by atoms with E-state index in [4.69, 9.17) is 15.3 Å². The van der Waals surface area contributed by atoms with Crippen molar-refractivity contribution in [1.82, 2.24) is 14.8 Å². The summed E-state index contributed by atoms with van der Waals surface area (Å²) in [6, 6.07) is 3.66. The zero-order chi connectivity index (χ0) is 18.1. The standard InChI is InChI=1S/C15H21N3O6/c1-11-2-3-16-12(6-11)7-17(8-13(19)20)4-5-18(9-14(21)22)10-15(23)24/h2-3,6H,4-5,7-10H2,1H3,(H,19,20)(H,21,22)(H,23,24). The molecule has 0 radical (unpaired) electrons. The number of nitrogens with zero attached hydrogens (tertiary/aromatic N) is 3. The monoisotopic (exact) mass is 339 g/mol. The van der Waals surface area contributed by atoms with Gasteiger partial charge in [-0.2, -0.15) is 0 Å². The maximum Gasteiger partial charge on any atom is 0.317 e. The predicted octanol–water partition coefficient (Wildman–Crippen LogP) is -0.252. The van der Waals surface area contributed by atoms with Gasteiger partial charge in [0, 0.05) is 25.8 Å². The molecule has 0 saturated heterocycles. The van der Waals surface area contributed by atoms with Crippen molar-refractivity contribution in [3.63, 3.8) is 0 Å². The van der Waals surface area contributed by atoms with Gasteiger partial charge in [0.05, 0.1) is 25.3 Å². The van der Waals surface area contributed by atoms with Crippen molar-refractivity contribution in [1.29, 1.82) is 0 Å². The Balaban J connectivity index is 2.71. The van der Waals surface area contributed by atoms with E-state index >= 15 is 0 Å². The van der Waals surface area contributed by atoms with Crippen LogP contribution < -0.4 is 0 Å². The summed E-state index contributed by atoms with van der Waals surface area (Å²) in [7, 11) is 0. The van der Waals surface area contributed by atoms with Gasteiger partial charge in [-0.05, 0) is 24.6 Å². The van der Waals surface area contributed by atoms with Crippen molar-refractivity contribution in [2.24, 2.45) is 0 Å². The van der Waals surface area contributed by atoms with Gasteiger partial charge in [-0.15, -0.1) is 0 Å². The summed E-state index contributed by atoms with van der Waals surface area (Å²) in [5.41, 5.74) is 1.69. The van der Waals surface area contributed by atoms with E-state index in [9.17, 15) is 14.4 Å². The highest BCUT2D eigenvalue weighted by molar-refractivity contribution is 5.72. The third-order valence-electron chi connectivity index (χ3n) is 3.17. The molecule has 1 aromatic rings. The van der Waals surface area contributed by atoms with Gasteiger partial charge in [-0.3, -0.25) is 29.2 Å². The average molecular weight is 339 g/mol. The number of carbonyl (C=O) groups is 3. The minimum Gasteiger partial charge on any atom is -0.480 e.